The predicted octanol–water partition coefficient (Wildman–Crippen LogP) is 2.37. The van der Waals surface area contributed by atoms with Gasteiger partial charge in [-0.25, -0.2) is 4.79 Å². The quantitative estimate of drug-likeness (QED) is 0.740. The van der Waals surface area contributed by atoms with Gasteiger partial charge in [0, 0.05) is 0 Å². The first-order valence-electron chi connectivity index (χ1n) is 6.50. The molecular formula is C14H22N2O3. The van der Waals surface area contributed by atoms with Gasteiger partial charge in [-0.15, -0.1) is 0 Å². The highest BCUT2D eigenvalue weighted by Gasteiger charge is 2.11. The maximum absolute atomic E-state index is 11.8. The minimum absolute atomic E-state index is 0.0341. The van der Waals surface area contributed by atoms with E-state index in [0.717, 1.165) is 0 Å². The van der Waals surface area contributed by atoms with Crippen molar-refractivity contribution >= 4 is 11.7 Å². The number of aliphatic hydroxyl groups is 1. The van der Waals surface area contributed by atoms with E-state index >= 15 is 0 Å². The summed E-state index contributed by atoms with van der Waals surface area (Å²) in [5, 5.41) is 14.5. The monoisotopic (exact) mass is 266 g/mol. The Kier molecular flexibility index (Phi) is 6.15. The second-order valence-corrected chi connectivity index (χ2v) is 4.55. The Hall–Kier alpha value is -1.75. The summed E-state index contributed by atoms with van der Waals surface area (Å²) in [6.07, 6.45) is 0.709. The molecule has 1 aromatic carbocycles. The molecule has 1 atom stereocenters. The zero-order chi connectivity index (χ0) is 14.3. The third-order valence-electron chi connectivity index (χ3n) is 2.55. The number of urea groups is 1. The number of benzene rings is 1. The molecule has 0 aliphatic carbocycles. The molecule has 0 spiro atoms. The van der Waals surface area contributed by atoms with Crippen LogP contribution in [0.25, 0.3) is 0 Å². The van der Waals surface area contributed by atoms with E-state index in [-0.39, 0.29) is 24.8 Å². The number of carbonyl (C=O) groups is 1. The smallest absolute Gasteiger partial charge is 0.319 e. The Morgan fingerprint density at radius 1 is 1.37 bits per heavy atom. The van der Waals surface area contributed by atoms with Gasteiger partial charge in [0.25, 0.3) is 0 Å². The van der Waals surface area contributed by atoms with Crippen molar-refractivity contribution in [3.05, 3.63) is 24.3 Å². The van der Waals surface area contributed by atoms with E-state index in [1.165, 1.54) is 0 Å². The average Bonchev–Trinajstić information content (AvgIpc) is 2.37. The topological polar surface area (TPSA) is 70.6 Å². The van der Waals surface area contributed by atoms with E-state index < -0.39 is 0 Å². The molecule has 0 radical (unpaired) electrons. The van der Waals surface area contributed by atoms with E-state index in [1.807, 2.05) is 32.9 Å². The number of anilines is 1. The fraction of sp³-hybridized carbons (Fsp3) is 0.500. The fourth-order valence-corrected chi connectivity index (χ4v) is 1.55. The summed E-state index contributed by atoms with van der Waals surface area (Å²) < 4.78 is 5.61. The van der Waals surface area contributed by atoms with Gasteiger partial charge < -0.3 is 20.5 Å². The first kappa shape index (κ1) is 15.3. The average molecular weight is 266 g/mol. The molecule has 0 saturated carbocycles. The van der Waals surface area contributed by atoms with Crippen molar-refractivity contribution in [3.63, 3.8) is 0 Å². The lowest BCUT2D eigenvalue weighted by Crippen LogP contribution is -2.39. The minimum Gasteiger partial charge on any atom is -0.489 e. The molecule has 0 aliphatic rings. The maximum Gasteiger partial charge on any atom is 0.319 e. The molecule has 0 saturated heterocycles. The second-order valence-electron chi connectivity index (χ2n) is 4.55. The highest BCUT2D eigenvalue weighted by atomic mass is 16.5. The highest BCUT2D eigenvalue weighted by Crippen LogP contribution is 2.24. The van der Waals surface area contributed by atoms with E-state index in [2.05, 4.69) is 10.6 Å². The number of para-hydroxylation sites is 2. The molecule has 0 fully saturated rings. The first-order chi connectivity index (χ1) is 9.06. The molecule has 2 amide bonds. The summed E-state index contributed by atoms with van der Waals surface area (Å²) in [4.78, 5) is 11.8. The summed E-state index contributed by atoms with van der Waals surface area (Å²) in [6, 6.07) is 6.67. The number of hydrogen-bond donors (Lipinski definition) is 3. The van der Waals surface area contributed by atoms with Crippen LogP contribution in [0.2, 0.25) is 0 Å². The van der Waals surface area contributed by atoms with E-state index in [0.29, 0.717) is 17.9 Å². The fourth-order valence-electron chi connectivity index (χ4n) is 1.55. The lowest BCUT2D eigenvalue weighted by molar-refractivity contribution is 0.222. The predicted molar refractivity (Wildman–Crippen MR) is 75.5 cm³/mol. The number of nitrogens with one attached hydrogen (secondary N) is 2. The van der Waals surface area contributed by atoms with Crippen molar-refractivity contribution in [2.75, 3.05) is 11.9 Å². The first-order valence-corrected chi connectivity index (χ1v) is 6.50. The van der Waals surface area contributed by atoms with Crippen LogP contribution < -0.4 is 15.4 Å². The second kappa shape index (κ2) is 7.63. The van der Waals surface area contributed by atoms with Gasteiger partial charge >= 0.3 is 6.03 Å². The molecule has 0 bridgehead atoms. The van der Waals surface area contributed by atoms with Gasteiger partial charge in [0.05, 0.1) is 24.4 Å². The van der Waals surface area contributed by atoms with Crippen LogP contribution in [0.4, 0.5) is 10.5 Å². The SMILES string of the molecule is CCC(CO)NC(=O)Nc1ccccc1OC(C)C. The number of ether oxygens (including phenoxy) is 1. The number of aliphatic hydroxyl groups excluding tert-OH is 1. The lowest BCUT2D eigenvalue weighted by Gasteiger charge is -2.17. The van der Waals surface area contributed by atoms with Gasteiger partial charge in [0.15, 0.2) is 0 Å². The van der Waals surface area contributed by atoms with E-state index in [1.54, 1.807) is 12.1 Å². The third-order valence-corrected chi connectivity index (χ3v) is 2.55. The Labute approximate surface area is 114 Å². The van der Waals surface area contributed by atoms with Gasteiger partial charge in [0.2, 0.25) is 0 Å². The van der Waals surface area contributed by atoms with Crippen LogP contribution in [-0.2, 0) is 0 Å². The molecule has 0 heterocycles. The number of hydrogen-bond acceptors (Lipinski definition) is 3. The van der Waals surface area contributed by atoms with Crippen LogP contribution in [0.3, 0.4) is 0 Å². The maximum atomic E-state index is 11.8. The zero-order valence-electron chi connectivity index (χ0n) is 11.6. The summed E-state index contributed by atoms with van der Waals surface area (Å²) in [6.45, 7) is 5.68. The summed E-state index contributed by atoms with van der Waals surface area (Å²) in [5.74, 6) is 0.629. The van der Waals surface area contributed by atoms with Crippen LogP contribution in [0.5, 0.6) is 5.75 Å². The van der Waals surface area contributed by atoms with Crippen molar-refractivity contribution in [2.45, 2.75) is 39.3 Å². The van der Waals surface area contributed by atoms with Crippen LogP contribution in [0.15, 0.2) is 24.3 Å². The highest BCUT2D eigenvalue weighted by molar-refractivity contribution is 5.91. The molecule has 106 valence electrons. The van der Waals surface area contributed by atoms with Crippen LogP contribution >= 0.6 is 0 Å². The normalized spacial score (nSPS) is 12.1. The van der Waals surface area contributed by atoms with Crippen molar-refractivity contribution < 1.29 is 14.6 Å². The van der Waals surface area contributed by atoms with Crippen molar-refractivity contribution in [1.82, 2.24) is 5.32 Å². The Morgan fingerprint density at radius 3 is 2.63 bits per heavy atom. The van der Waals surface area contributed by atoms with Crippen molar-refractivity contribution in [2.24, 2.45) is 0 Å². The van der Waals surface area contributed by atoms with Crippen LogP contribution in [0, 0.1) is 0 Å². The van der Waals surface area contributed by atoms with Crippen LogP contribution in [0.1, 0.15) is 27.2 Å². The Morgan fingerprint density at radius 2 is 2.05 bits per heavy atom. The Bertz CT molecular complexity index is 403. The summed E-state index contributed by atoms with van der Waals surface area (Å²) in [5.41, 5.74) is 0.612. The molecule has 5 nitrogen and oxygen atoms in total. The standard InChI is InChI=1S/C14H22N2O3/c1-4-11(9-17)15-14(18)16-12-7-5-6-8-13(12)19-10(2)3/h5-8,10-11,17H,4,9H2,1-3H3,(H2,15,16,18). The van der Waals surface area contributed by atoms with Crippen molar-refractivity contribution in [3.8, 4) is 5.75 Å². The Balaban J connectivity index is 2.68. The van der Waals surface area contributed by atoms with Crippen molar-refractivity contribution in [1.29, 1.82) is 0 Å². The van der Waals surface area contributed by atoms with Crippen LogP contribution in [-0.4, -0.2) is 29.9 Å². The summed E-state index contributed by atoms with van der Waals surface area (Å²) >= 11 is 0. The largest absolute Gasteiger partial charge is 0.489 e. The third kappa shape index (κ3) is 5.18. The minimum atomic E-state index is -0.347. The molecule has 5 heteroatoms. The molecule has 0 aromatic heterocycles. The van der Waals surface area contributed by atoms with Gasteiger partial charge in [-0.1, -0.05) is 19.1 Å². The van der Waals surface area contributed by atoms with E-state index in [4.69, 9.17) is 9.84 Å². The zero-order valence-corrected chi connectivity index (χ0v) is 11.6. The molecule has 1 rings (SSSR count). The lowest BCUT2D eigenvalue weighted by atomic mass is 10.2. The molecule has 3 N–H and O–H groups in total. The van der Waals surface area contributed by atoms with Gasteiger partial charge in [-0.3, -0.25) is 0 Å². The number of carbonyl (C=O) groups excluding carboxylic acids is 1. The van der Waals surface area contributed by atoms with Gasteiger partial charge in [-0.05, 0) is 32.4 Å². The molecule has 1 aromatic rings. The summed E-state index contributed by atoms with van der Waals surface area (Å²) in [7, 11) is 0. The van der Waals surface area contributed by atoms with E-state index in [9.17, 15) is 4.79 Å². The number of rotatable bonds is 6. The van der Waals surface area contributed by atoms with Gasteiger partial charge in [-0.2, -0.15) is 0 Å². The molecular weight excluding hydrogens is 244 g/mol. The molecule has 1 unspecified atom stereocenters. The number of amides is 2. The van der Waals surface area contributed by atoms with Gasteiger partial charge in [0.1, 0.15) is 5.75 Å². The molecule has 19 heavy (non-hydrogen) atoms. The molecule has 0 aliphatic heterocycles.